The molecule has 0 spiro atoms. The number of carbonyl (C=O) groups is 2. The largest absolute Gasteiger partial charge is 0.481 e. The van der Waals surface area contributed by atoms with E-state index in [1.807, 2.05) is 4.90 Å². The SMILES string of the molecule is O=C(O)C1CCN(C(=O)N2CCN(CCO)CC2)CC1. The maximum Gasteiger partial charge on any atom is 0.320 e. The first-order valence-electron chi connectivity index (χ1n) is 7.21. The molecule has 2 N–H and O–H groups in total. The number of urea groups is 1. The minimum Gasteiger partial charge on any atom is -0.481 e. The number of amides is 2. The van der Waals surface area contributed by atoms with Gasteiger partial charge in [0.05, 0.1) is 12.5 Å². The quantitative estimate of drug-likeness (QED) is 0.731. The molecular weight excluding hydrogens is 262 g/mol. The van der Waals surface area contributed by atoms with Crippen LogP contribution in [0.3, 0.4) is 0 Å². The van der Waals surface area contributed by atoms with Crippen molar-refractivity contribution in [2.45, 2.75) is 12.8 Å². The van der Waals surface area contributed by atoms with E-state index in [9.17, 15) is 9.59 Å². The summed E-state index contributed by atoms with van der Waals surface area (Å²) in [6, 6.07) is 0.0255. The Bertz CT molecular complexity index is 348. The van der Waals surface area contributed by atoms with Crippen LogP contribution in [0.1, 0.15) is 12.8 Å². The lowest BCUT2D eigenvalue weighted by molar-refractivity contribution is -0.143. The van der Waals surface area contributed by atoms with Gasteiger partial charge in [-0.15, -0.1) is 0 Å². The van der Waals surface area contributed by atoms with Gasteiger partial charge in [0, 0.05) is 45.8 Å². The predicted molar refractivity (Wildman–Crippen MR) is 72.4 cm³/mol. The Balaban J connectivity index is 1.77. The third-order valence-corrected chi connectivity index (χ3v) is 4.17. The summed E-state index contributed by atoms with van der Waals surface area (Å²) in [5.41, 5.74) is 0. The summed E-state index contributed by atoms with van der Waals surface area (Å²) < 4.78 is 0. The van der Waals surface area contributed by atoms with E-state index in [0.717, 1.165) is 13.1 Å². The topological polar surface area (TPSA) is 84.3 Å². The molecule has 7 nitrogen and oxygen atoms in total. The normalized spacial score (nSPS) is 22.1. The molecular formula is C13H23N3O4. The van der Waals surface area contributed by atoms with E-state index in [2.05, 4.69) is 4.90 Å². The molecule has 0 aromatic rings. The van der Waals surface area contributed by atoms with Crippen LogP contribution in [-0.4, -0.2) is 89.3 Å². The molecule has 0 aromatic carbocycles. The first-order valence-corrected chi connectivity index (χ1v) is 7.21. The number of nitrogens with zero attached hydrogens (tertiary/aromatic N) is 3. The Morgan fingerprint density at radius 3 is 2.00 bits per heavy atom. The van der Waals surface area contributed by atoms with Gasteiger partial charge >= 0.3 is 12.0 Å². The smallest absolute Gasteiger partial charge is 0.320 e. The van der Waals surface area contributed by atoms with Crippen molar-refractivity contribution in [2.24, 2.45) is 5.92 Å². The highest BCUT2D eigenvalue weighted by Gasteiger charge is 2.30. The van der Waals surface area contributed by atoms with E-state index in [-0.39, 0.29) is 18.6 Å². The molecule has 0 unspecified atom stereocenters. The highest BCUT2D eigenvalue weighted by molar-refractivity contribution is 5.75. The molecule has 0 radical (unpaired) electrons. The zero-order valence-electron chi connectivity index (χ0n) is 11.7. The van der Waals surface area contributed by atoms with Crippen LogP contribution < -0.4 is 0 Å². The number of β-amino-alcohol motifs (C(OH)–C–C–N with tert-alkyl or cyclic N) is 1. The van der Waals surface area contributed by atoms with Crippen LogP contribution in [0.15, 0.2) is 0 Å². The second-order valence-electron chi connectivity index (χ2n) is 5.43. The van der Waals surface area contributed by atoms with Gasteiger partial charge in [-0.3, -0.25) is 9.69 Å². The number of carbonyl (C=O) groups excluding carboxylic acids is 1. The van der Waals surface area contributed by atoms with Gasteiger partial charge in [0.1, 0.15) is 0 Å². The Hall–Kier alpha value is -1.34. The minimum atomic E-state index is -0.755. The average Bonchev–Trinajstić information content (AvgIpc) is 2.48. The van der Waals surface area contributed by atoms with Gasteiger partial charge in [-0.25, -0.2) is 4.79 Å². The molecule has 0 saturated carbocycles. The van der Waals surface area contributed by atoms with Crippen molar-refractivity contribution in [3.05, 3.63) is 0 Å². The van der Waals surface area contributed by atoms with Gasteiger partial charge in [-0.05, 0) is 12.8 Å². The summed E-state index contributed by atoms with van der Waals surface area (Å²) in [6.45, 7) is 4.81. The third kappa shape index (κ3) is 3.61. The van der Waals surface area contributed by atoms with E-state index in [0.29, 0.717) is 45.6 Å². The number of hydrogen-bond acceptors (Lipinski definition) is 4. The fourth-order valence-corrected chi connectivity index (χ4v) is 2.82. The number of carboxylic acid groups (broad SMARTS) is 1. The highest BCUT2D eigenvalue weighted by atomic mass is 16.4. The Kier molecular flexibility index (Phi) is 5.19. The van der Waals surface area contributed by atoms with Gasteiger partial charge in [-0.1, -0.05) is 0 Å². The van der Waals surface area contributed by atoms with Crippen LogP contribution in [0.25, 0.3) is 0 Å². The Morgan fingerprint density at radius 2 is 1.50 bits per heavy atom. The zero-order chi connectivity index (χ0) is 14.5. The predicted octanol–water partition coefficient (Wildman–Crippen LogP) is -0.487. The number of aliphatic carboxylic acids is 1. The minimum absolute atomic E-state index is 0.0255. The summed E-state index contributed by atoms with van der Waals surface area (Å²) in [5.74, 6) is -1.06. The van der Waals surface area contributed by atoms with Gasteiger partial charge in [-0.2, -0.15) is 0 Å². The molecule has 2 aliphatic rings. The molecule has 0 atom stereocenters. The van der Waals surface area contributed by atoms with E-state index < -0.39 is 5.97 Å². The summed E-state index contributed by atoms with van der Waals surface area (Å²) >= 11 is 0. The fraction of sp³-hybridized carbons (Fsp3) is 0.846. The summed E-state index contributed by atoms with van der Waals surface area (Å²) in [4.78, 5) is 29.0. The van der Waals surface area contributed by atoms with E-state index in [4.69, 9.17) is 10.2 Å². The molecule has 0 aromatic heterocycles. The van der Waals surface area contributed by atoms with Crippen molar-refractivity contribution in [3.8, 4) is 0 Å². The molecule has 2 amide bonds. The van der Waals surface area contributed by atoms with Crippen LogP contribution >= 0.6 is 0 Å². The summed E-state index contributed by atoms with van der Waals surface area (Å²) in [6.07, 6.45) is 1.09. The van der Waals surface area contributed by atoms with E-state index in [1.165, 1.54) is 0 Å². The van der Waals surface area contributed by atoms with Crippen LogP contribution in [0.4, 0.5) is 4.79 Å². The van der Waals surface area contributed by atoms with Gasteiger partial charge in [0.25, 0.3) is 0 Å². The second-order valence-corrected chi connectivity index (χ2v) is 5.43. The van der Waals surface area contributed by atoms with Gasteiger partial charge < -0.3 is 20.0 Å². The fourth-order valence-electron chi connectivity index (χ4n) is 2.82. The summed E-state index contributed by atoms with van der Waals surface area (Å²) in [7, 11) is 0. The average molecular weight is 285 g/mol. The lowest BCUT2D eigenvalue weighted by Gasteiger charge is -2.39. The first kappa shape index (κ1) is 15.1. The monoisotopic (exact) mass is 285 g/mol. The molecule has 0 bridgehead atoms. The van der Waals surface area contributed by atoms with E-state index in [1.54, 1.807) is 4.90 Å². The number of likely N-dealkylation sites (tertiary alicyclic amines) is 1. The van der Waals surface area contributed by atoms with Crippen LogP contribution in [0, 0.1) is 5.92 Å². The number of piperidine rings is 1. The van der Waals surface area contributed by atoms with Crippen molar-refractivity contribution in [1.29, 1.82) is 0 Å². The molecule has 0 aliphatic carbocycles. The van der Waals surface area contributed by atoms with Crippen molar-refractivity contribution in [3.63, 3.8) is 0 Å². The van der Waals surface area contributed by atoms with Crippen molar-refractivity contribution < 1.29 is 19.8 Å². The molecule has 2 heterocycles. The molecule has 114 valence electrons. The molecule has 2 saturated heterocycles. The number of hydrogen-bond donors (Lipinski definition) is 2. The third-order valence-electron chi connectivity index (χ3n) is 4.17. The van der Waals surface area contributed by atoms with Crippen LogP contribution in [0.2, 0.25) is 0 Å². The van der Waals surface area contributed by atoms with Crippen LogP contribution in [0.5, 0.6) is 0 Å². The molecule has 2 aliphatic heterocycles. The van der Waals surface area contributed by atoms with Crippen molar-refractivity contribution in [2.75, 3.05) is 52.4 Å². The van der Waals surface area contributed by atoms with Gasteiger partial charge in [0.2, 0.25) is 0 Å². The standard InChI is InChI=1S/C13H23N3O4/c17-10-9-14-5-7-16(8-6-14)13(20)15-3-1-11(2-4-15)12(18)19/h11,17H,1-10H2,(H,18,19). The lowest BCUT2D eigenvalue weighted by Crippen LogP contribution is -2.54. The Labute approximate surface area is 118 Å². The number of aliphatic hydroxyl groups excluding tert-OH is 1. The van der Waals surface area contributed by atoms with E-state index >= 15 is 0 Å². The maximum atomic E-state index is 12.3. The molecule has 2 rings (SSSR count). The maximum absolute atomic E-state index is 12.3. The number of piperazine rings is 1. The van der Waals surface area contributed by atoms with Crippen molar-refractivity contribution in [1.82, 2.24) is 14.7 Å². The molecule has 20 heavy (non-hydrogen) atoms. The molecule has 7 heteroatoms. The number of rotatable bonds is 3. The zero-order valence-corrected chi connectivity index (χ0v) is 11.7. The lowest BCUT2D eigenvalue weighted by atomic mass is 9.97. The molecule has 2 fully saturated rings. The highest BCUT2D eigenvalue weighted by Crippen LogP contribution is 2.19. The summed E-state index contributed by atoms with van der Waals surface area (Å²) in [5, 5.41) is 17.8. The first-order chi connectivity index (χ1) is 9.61. The number of aliphatic hydroxyl groups is 1. The Morgan fingerprint density at radius 1 is 0.950 bits per heavy atom. The van der Waals surface area contributed by atoms with Gasteiger partial charge in [0.15, 0.2) is 0 Å². The van der Waals surface area contributed by atoms with Crippen molar-refractivity contribution >= 4 is 12.0 Å². The number of carboxylic acids is 1. The van der Waals surface area contributed by atoms with Crippen LogP contribution in [-0.2, 0) is 4.79 Å². The second kappa shape index (κ2) is 6.90.